The first-order valence-electron chi connectivity index (χ1n) is 8.79. The van der Waals surface area contributed by atoms with E-state index >= 15 is 0 Å². The Balaban J connectivity index is 1.73. The van der Waals surface area contributed by atoms with Crippen LogP contribution >= 0.6 is 15.9 Å². The molecule has 0 unspecified atom stereocenters. The Morgan fingerprint density at radius 3 is 2.83 bits per heavy atom. The van der Waals surface area contributed by atoms with Crippen molar-refractivity contribution < 1.29 is 9.53 Å². The van der Waals surface area contributed by atoms with E-state index in [-0.39, 0.29) is 12.1 Å². The second-order valence-corrected chi connectivity index (χ2v) is 8.34. The summed E-state index contributed by atoms with van der Waals surface area (Å²) >= 11 is 3.61. The highest BCUT2D eigenvalue weighted by molar-refractivity contribution is 9.10. The average molecular weight is 397 g/mol. The Morgan fingerprint density at radius 1 is 1.38 bits per heavy atom. The molecule has 1 aliphatic heterocycles. The Labute approximate surface area is 154 Å². The van der Waals surface area contributed by atoms with Crippen LogP contribution in [0.25, 0.3) is 0 Å². The van der Waals surface area contributed by atoms with Crippen LogP contribution in [0.1, 0.15) is 45.6 Å². The maximum absolute atomic E-state index is 11.9. The number of nitrogens with one attached hydrogen (secondary N) is 1. The zero-order valence-electron chi connectivity index (χ0n) is 15.0. The van der Waals surface area contributed by atoms with E-state index in [0.29, 0.717) is 0 Å². The molecule has 0 radical (unpaired) electrons. The Morgan fingerprint density at radius 2 is 2.12 bits per heavy atom. The minimum atomic E-state index is -0.443. The summed E-state index contributed by atoms with van der Waals surface area (Å²) in [5.41, 5.74) is 0.916. The standard InChI is InChI=1S/C19H29BrN2O2/c1-19(2,3)24-18(23)21-16-10-7-13-22(14-16)12-6-9-15-8-4-5-11-17(15)20/h4-5,8,11,16H,6-7,9-10,12-14H2,1-3H3,(H,21,23)/t16-/m0/s1. The van der Waals surface area contributed by atoms with Crippen LogP contribution in [0.4, 0.5) is 4.79 Å². The number of benzene rings is 1. The van der Waals surface area contributed by atoms with Crippen molar-refractivity contribution in [2.24, 2.45) is 0 Å². The first kappa shape index (κ1) is 19.3. The van der Waals surface area contributed by atoms with Gasteiger partial charge in [0.05, 0.1) is 0 Å². The van der Waals surface area contributed by atoms with Crippen LogP contribution in [0.15, 0.2) is 28.7 Å². The summed E-state index contributed by atoms with van der Waals surface area (Å²) in [6.07, 6.45) is 4.04. The fourth-order valence-electron chi connectivity index (χ4n) is 3.04. The van der Waals surface area contributed by atoms with Gasteiger partial charge < -0.3 is 15.0 Å². The lowest BCUT2D eigenvalue weighted by atomic mass is 10.0. The maximum Gasteiger partial charge on any atom is 0.407 e. The molecule has 134 valence electrons. The predicted octanol–water partition coefficient (Wildman–Crippen LogP) is 4.37. The first-order valence-corrected chi connectivity index (χ1v) is 9.58. The number of ether oxygens (including phenoxy) is 1. The van der Waals surface area contributed by atoms with Crippen LogP contribution < -0.4 is 5.32 Å². The highest BCUT2D eigenvalue weighted by Crippen LogP contribution is 2.18. The smallest absolute Gasteiger partial charge is 0.407 e. The van der Waals surface area contributed by atoms with Crippen molar-refractivity contribution in [3.8, 4) is 0 Å². The maximum atomic E-state index is 11.9. The first-order chi connectivity index (χ1) is 11.3. The highest BCUT2D eigenvalue weighted by atomic mass is 79.9. The molecule has 1 atom stereocenters. The molecule has 0 bridgehead atoms. The molecule has 2 rings (SSSR count). The third-order valence-corrected chi connectivity index (χ3v) is 4.88. The topological polar surface area (TPSA) is 41.6 Å². The molecule has 0 saturated carbocycles. The fraction of sp³-hybridized carbons (Fsp3) is 0.632. The van der Waals surface area contributed by atoms with E-state index in [0.717, 1.165) is 45.3 Å². The number of carbonyl (C=O) groups is 1. The number of piperidine rings is 1. The molecule has 4 nitrogen and oxygen atoms in total. The van der Waals surface area contributed by atoms with Crippen molar-refractivity contribution in [2.45, 2.75) is 58.1 Å². The summed E-state index contributed by atoms with van der Waals surface area (Å²) < 4.78 is 6.54. The Hall–Kier alpha value is -1.07. The summed E-state index contributed by atoms with van der Waals surface area (Å²) in [4.78, 5) is 14.4. The number of rotatable bonds is 5. The van der Waals surface area contributed by atoms with Crippen LogP contribution in [-0.2, 0) is 11.2 Å². The number of hydrogen-bond donors (Lipinski definition) is 1. The minimum absolute atomic E-state index is 0.192. The number of aryl methyl sites for hydroxylation is 1. The monoisotopic (exact) mass is 396 g/mol. The minimum Gasteiger partial charge on any atom is -0.444 e. The molecule has 5 heteroatoms. The lowest BCUT2D eigenvalue weighted by molar-refractivity contribution is 0.0472. The van der Waals surface area contributed by atoms with Crippen LogP contribution in [0.2, 0.25) is 0 Å². The van der Waals surface area contributed by atoms with Gasteiger partial charge in [0.25, 0.3) is 0 Å². The molecule has 24 heavy (non-hydrogen) atoms. The van der Waals surface area contributed by atoms with Gasteiger partial charge in [0.1, 0.15) is 5.60 Å². The number of carbonyl (C=O) groups excluding carboxylic acids is 1. The molecule has 0 aromatic heterocycles. The molecular weight excluding hydrogens is 368 g/mol. The molecule has 1 aliphatic rings. The molecule has 1 fully saturated rings. The molecule has 1 heterocycles. The molecule has 1 aromatic rings. The van der Waals surface area contributed by atoms with Crippen LogP contribution in [0.3, 0.4) is 0 Å². The van der Waals surface area contributed by atoms with E-state index in [2.05, 4.69) is 44.3 Å². The highest BCUT2D eigenvalue weighted by Gasteiger charge is 2.23. The molecular formula is C19H29BrN2O2. The van der Waals surface area contributed by atoms with Gasteiger partial charge in [0.15, 0.2) is 0 Å². The van der Waals surface area contributed by atoms with Crippen LogP contribution in [0.5, 0.6) is 0 Å². The second kappa shape index (κ2) is 8.86. The number of halogens is 1. The van der Waals surface area contributed by atoms with E-state index < -0.39 is 5.60 Å². The van der Waals surface area contributed by atoms with E-state index in [4.69, 9.17) is 4.74 Å². The number of hydrogen-bond acceptors (Lipinski definition) is 3. The summed E-state index contributed by atoms with van der Waals surface area (Å²) in [7, 11) is 0. The summed E-state index contributed by atoms with van der Waals surface area (Å²) in [5.74, 6) is 0. The molecule has 1 amide bonds. The largest absolute Gasteiger partial charge is 0.444 e. The number of likely N-dealkylation sites (tertiary alicyclic amines) is 1. The molecule has 1 aromatic carbocycles. The number of nitrogens with zero attached hydrogens (tertiary/aromatic N) is 1. The van der Waals surface area contributed by atoms with E-state index in [1.807, 2.05) is 26.8 Å². The van der Waals surface area contributed by atoms with Gasteiger partial charge in [-0.3, -0.25) is 0 Å². The van der Waals surface area contributed by atoms with E-state index in [1.165, 1.54) is 10.0 Å². The molecule has 0 spiro atoms. The summed E-state index contributed by atoms with van der Waals surface area (Å²) in [5, 5.41) is 3.01. The molecule has 1 N–H and O–H groups in total. The summed E-state index contributed by atoms with van der Waals surface area (Å²) in [6, 6.07) is 8.59. The third kappa shape index (κ3) is 6.81. The fourth-order valence-corrected chi connectivity index (χ4v) is 3.53. The van der Waals surface area contributed by atoms with Gasteiger partial charge in [-0.15, -0.1) is 0 Å². The lowest BCUT2D eigenvalue weighted by Crippen LogP contribution is -2.49. The normalized spacial score (nSPS) is 19.1. The second-order valence-electron chi connectivity index (χ2n) is 7.48. The van der Waals surface area contributed by atoms with Gasteiger partial charge >= 0.3 is 6.09 Å². The summed E-state index contributed by atoms with van der Waals surface area (Å²) in [6.45, 7) is 8.76. The van der Waals surface area contributed by atoms with Crippen molar-refractivity contribution in [3.05, 3.63) is 34.3 Å². The predicted molar refractivity (Wildman–Crippen MR) is 101 cm³/mol. The van der Waals surface area contributed by atoms with Gasteiger partial charge in [0.2, 0.25) is 0 Å². The van der Waals surface area contributed by atoms with Crippen molar-refractivity contribution in [3.63, 3.8) is 0 Å². The van der Waals surface area contributed by atoms with Crippen LogP contribution in [0, 0.1) is 0 Å². The zero-order chi connectivity index (χ0) is 17.6. The molecule has 1 saturated heterocycles. The lowest BCUT2D eigenvalue weighted by Gasteiger charge is -2.33. The third-order valence-electron chi connectivity index (χ3n) is 4.10. The van der Waals surface area contributed by atoms with Crippen molar-refractivity contribution >= 4 is 22.0 Å². The quantitative estimate of drug-likeness (QED) is 0.802. The SMILES string of the molecule is CC(C)(C)OC(=O)N[C@H]1CCCN(CCCc2ccccc2Br)C1. The van der Waals surface area contributed by atoms with Gasteiger partial charge in [-0.25, -0.2) is 4.79 Å². The van der Waals surface area contributed by atoms with E-state index in [1.54, 1.807) is 0 Å². The van der Waals surface area contributed by atoms with Crippen molar-refractivity contribution in [1.82, 2.24) is 10.2 Å². The Bertz CT molecular complexity index is 542. The van der Waals surface area contributed by atoms with Gasteiger partial charge in [-0.2, -0.15) is 0 Å². The van der Waals surface area contributed by atoms with Gasteiger partial charge in [0, 0.05) is 17.1 Å². The van der Waals surface area contributed by atoms with Gasteiger partial charge in [-0.05, 0) is 71.2 Å². The number of amides is 1. The Kier molecular flexibility index (Phi) is 7.11. The molecule has 0 aliphatic carbocycles. The van der Waals surface area contributed by atoms with Crippen molar-refractivity contribution in [1.29, 1.82) is 0 Å². The average Bonchev–Trinajstić information content (AvgIpc) is 2.47. The van der Waals surface area contributed by atoms with Gasteiger partial charge in [-0.1, -0.05) is 34.1 Å². The number of alkyl carbamates (subject to hydrolysis) is 1. The van der Waals surface area contributed by atoms with E-state index in [9.17, 15) is 4.79 Å². The van der Waals surface area contributed by atoms with Crippen molar-refractivity contribution in [2.75, 3.05) is 19.6 Å². The van der Waals surface area contributed by atoms with Crippen LogP contribution in [-0.4, -0.2) is 42.3 Å². The zero-order valence-corrected chi connectivity index (χ0v) is 16.6.